The minimum absolute atomic E-state index is 0.106. The van der Waals surface area contributed by atoms with Gasteiger partial charge in [0.2, 0.25) is 0 Å². The summed E-state index contributed by atoms with van der Waals surface area (Å²) in [5.74, 6) is -0.106. The Balaban J connectivity index is 3.01. The molecule has 0 saturated heterocycles. The predicted octanol–water partition coefficient (Wildman–Crippen LogP) is 2.55. The number of halogens is 2. The summed E-state index contributed by atoms with van der Waals surface area (Å²) in [6.07, 6.45) is 0. The summed E-state index contributed by atoms with van der Waals surface area (Å²) in [7, 11) is -1.45. The highest BCUT2D eigenvalue weighted by atomic mass is 35.5. The Labute approximate surface area is 77.4 Å². The Hall–Kier alpha value is 0.207. The minimum Gasteiger partial charge on any atom is -0.291 e. The molecule has 0 aromatic heterocycles. The number of ketones is 1. The molecule has 1 nitrogen and oxygen atoms in total. The molecule has 4 heteroatoms. The summed E-state index contributed by atoms with van der Waals surface area (Å²) in [5, 5.41) is 0.976. The topological polar surface area (TPSA) is 17.1 Å². The number of carbonyl (C=O) groups is 1. The second-order valence-electron chi connectivity index (χ2n) is 3.70. The first kappa shape index (κ1) is 9.30. The molecule has 11 heavy (non-hydrogen) atoms. The number of alkyl halides is 1. The summed E-state index contributed by atoms with van der Waals surface area (Å²) >= 11 is 11.5. The van der Waals surface area contributed by atoms with E-state index in [2.05, 4.69) is 19.6 Å². The van der Waals surface area contributed by atoms with E-state index in [1.54, 1.807) is 0 Å². The van der Waals surface area contributed by atoms with E-state index >= 15 is 0 Å². The first-order chi connectivity index (χ1) is 4.85. The van der Waals surface area contributed by atoms with Gasteiger partial charge in [0.05, 0.1) is 13.1 Å². The number of Topliss-reactive ketones (excluding diaryl/α,β-unsaturated/α-hetero) is 1. The van der Waals surface area contributed by atoms with Crippen molar-refractivity contribution in [1.29, 1.82) is 0 Å². The van der Waals surface area contributed by atoms with Gasteiger partial charge in [-0.25, -0.2) is 0 Å². The van der Waals surface area contributed by atoms with Crippen LogP contribution in [-0.2, 0) is 4.79 Å². The van der Waals surface area contributed by atoms with Crippen molar-refractivity contribution in [2.45, 2.75) is 25.0 Å². The van der Waals surface area contributed by atoms with Crippen LogP contribution in [0.2, 0.25) is 19.6 Å². The van der Waals surface area contributed by atoms with Crippen LogP contribution in [0.3, 0.4) is 0 Å². The van der Waals surface area contributed by atoms with Crippen LogP contribution in [0.5, 0.6) is 0 Å². The first-order valence-electron chi connectivity index (χ1n) is 3.44. The molecule has 0 saturated carbocycles. The molecule has 1 atom stereocenters. The molecule has 0 heterocycles. The monoisotopic (exact) mass is 208 g/mol. The fraction of sp³-hybridized carbons (Fsp3) is 0.571. The van der Waals surface area contributed by atoms with Crippen LogP contribution in [0, 0.1) is 0 Å². The van der Waals surface area contributed by atoms with E-state index in [4.69, 9.17) is 23.2 Å². The summed E-state index contributed by atoms with van der Waals surface area (Å²) in [5.41, 5.74) is 0. The zero-order chi connectivity index (χ0) is 8.81. The highest BCUT2D eigenvalue weighted by molar-refractivity contribution is 6.88. The Morgan fingerprint density at radius 2 is 1.82 bits per heavy atom. The van der Waals surface area contributed by atoms with Crippen molar-refractivity contribution in [3.63, 3.8) is 0 Å². The van der Waals surface area contributed by atoms with E-state index in [0.717, 1.165) is 5.20 Å². The molecule has 62 valence electrons. The number of allylic oxidation sites excluding steroid dienone is 2. The van der Waals surface area contributed by atoms with Gasteiger partial charge in [0, 0.05) is 0 Å². The van der Waals surface area contributed by atoms with Crippen LogP contribution in [0.4, 0.5) is 0 Å². The van der Waals surface area contributed by atoms with Gasteiger partial charge >= 0.3 is 0 Å². The number of carbonyl (C=O) groups excluding carboxylic acids is 1. The van der Waals surface area contributed by atoms with Crippen molar-refractivity contribution in [2.24, 2.45) is 0 Å². The summed E-state index contributed by atoms with van der Waals surface area (Å²) in [6, 6.07) is 0. The summed E-state index contributed by atoms with van der Waals surface area (Å²) in [4.78, 5) is 10.9. The van der Waals surface area contributed by atoms with Gasteiger partial charge in [-0.05, 0) is 5.20 Å². The number of hydrogen-bond acceptors (Lipinski definition) is 1. The van der Waals surface area contributed by atoms with Crippen molar-refractivity contribution >= 4 is 37.1 Å². The molecule has 1 unspecified atom stereocenters. The normalized spacial score (nSPS) is 25.5. The fourth-order valence-electron chi connectivity index (χ4n) is 1.12. The maximum Gasteiger partial charge on any atom is 0.195 e. The maximum atomic E-state index is 10.9. The highest BCUT2D eigenvalue weighted by Gasteiger charge is 2.43. The summed E-state index contributed by atoms with van der Waals surface area (Å²) < 4.78 is 0. The third-order valence-electron chi connectivity index (χ3n) is 1.74. The van der Waals surface area contributed by atoms with E-state index in [1.165, 1.54) is 0 Å². The summed E-state index contributed by atoms with van der Waals surface area (Å²) in [6.45, 7) is 6.39. The quantitative estimate of drug-likeness (QED) is 0.479. The van der Waals surface area contributed by atoms with Gasteiger partial charge in [0.25, 0.3) is 0 Å². The Morgan fingerprint density at radius 1 is 1.36 bits per heavy atom. The van der Waals surface area contributed by atoms with Gasteiger partial charge in [0.1, 0.15) is 5.38 Å². The molecule has 0 aromatic rings. The maximum absolute atomic E-state index is 10.9. The molecule has 0 aliphatic heterocycles. The van der Waals surface area contributed by atoms with Gasteiger partial charge in [-0.2, -0.15) is 0 Å². The van der Waals surface area contributed by atoms with Gasteiger partial charge < -0.3 is 0 Å². The van der Waals surface area contributed by atoms with E-state index in [0.29, 0.717) is 5.03 Å². The highest BCUT2D eigenvalue weighted by Crippen LogP contribution is 2.38. The second kappa shape index (κ2) is 2.61. The van der Waals surface area contributed by atoms with Crippen LogP contribution in [-0.4, -0.2) is 19.2 Å². The Morgan fingerprint density at radius 3 is 2.00 bits per heavy atom. The first-order valence-corrected chi connectivity index (χ1v) is 7.75. The lowest BCUT2D eigenvalue weighted by Gasteiger charge is -2.32. The van der Waals surface area contributed by atoms with E-state index in [9.17, 15) is 4.79 Å². The van der Waals surface area contributed by atoms with Crippen LogP contribution in [0.15, 0.2) is 10.2 Å². The zero-order valence-corrected chi connectivity index (χ0v) is 9.25. The Kier molecular flexibility index (Phi) is 2.21. The third-order valence-corrected chi connectivity index (χ3v) is 5.05. The smallest absolute Gasteiger partial charge is 0.195 e. The molecule has 0 spiro atoms. The molecular formula is C7H10Cl2OSi. The van der Waals surface area contributed by atoms with Crippen LogP contribution >= 0.6 is 23.2 Å². The van der Waals surface area contributed by atoms with Crippen molar-refractivity contribution in [2.75, 3.05) is 0 Å². The molecular weight excluding hydrogens is 199 g/mol. The van der Waals surface area contributed by atoms with Crippen molar-refractivity contribution < 1.29 is 4.79 Å². The molecule has 0 radical (unpaired) electrons. The lowest BCUT2D eigenvalue weighted by Crippen LogP contribution is -2.42. The average Bonchev–Trinajstić information content (AvgIpc) is 1.85. The van der Waals surface area contributed by atoms with Crippen molar-refractivity contribution in [1.82, 2.24) is 0 Å². The Bertz CT molecular complexity index is 239. The SMILES string of the molecule is C[Si](C)(C)C1=C(Cl)C(=O)C1Cl. The molecule has 1 rings (SSSR count). The average molecular weight is 209 g/mol. The predicted molar refractivity (Wildman–Crippen MR) is 50.9 cm³/mol. The van der Waals surface area contributed by atoms with Gasteiger partial charge in [-0.3, -0.25) is 4.79 Å². The van der Waals surface area contributed by atoms with Crippen LogP contribution in [0.25, 0.3) is 0 Å². The van der Waals surface area contributed by atoms with E-state index in [1.807, 2.05) is 0 Å². The third kappa shape index (κ3) is 1.39. The largest absolute Gasteiger partial charge is 0.291 e. The molecule has 0 N–H and O–H groups in total. The van der Waals surface area contributed by atoms with Gasteiger partial charge in [-0.1, -0.05) is 31.2 Å². The van der Waals surface area contributed by atoms with Crippen LogP contribution in [0.1, 0.15) is 0 Å². The van der Waals surface area contributed by atoms with Crippen LogP contribution < -0.4 is 0 Å². The molecule has 0 amide bonds. The lowest BCUT2D eigenvalue weighted by atomic mass is 10.1. The zero-order valence-electron chi connectivity index (χ0n) is 6.74. The van der Waals surface area contributed by atoms with Gasteiger partial charge in [-0.15, -0.1) is 11.6 Å². The fourth-order valence-corrected chi connectivity index (χ4v) is 5.17. The molecule has 0 bridgehead atoms. The van der Waals surface area contributed by atoms with E-state index in [-0.39, 0.29) is 5.78 Å². The molecule has 0 fully saturated rings. The van der Waals surface area contributed by atoms with Crippen molar-refractivity contribution in [3.8, 4) is 0 Å². The van der Waals surface area contributed by atoms with Crippen molar-refractivity contribution in [3.05, 3.63) is 10.2 Å². The standard InChI is InChI=1S/C7H10Cl2OSi/c1-11(2,3)7-4(8)6(10)5(7)9/h4H,1-3H3. The van der Waals surface area contributed by atoms with E-state index < -0.39 is 13.5 Å². The second-order valence-corrected chi connectivity index (χ2v) is 9.56. The lowest BCUT2D eigenvalue weighted by molar-refractivity contribution is -0.115. The number of rotatable bonds is 1. The molecule has 1 aliphatic carbocycles. The number of hydrogen-bond donors (Lipinski definition) is 0. The molecule has 1 aliphatic rings. The van der Waals surface area contributed by atoms with Gasteiger partial charge in [0.15, 0.2) is 5.78 Å². The molecule has 0 aromatic carbocycles. The minimum atomic E-state index is -1.45.